The van der Waals surface area contributed by atoms with Crippen LogP contribution < -0.4 is 9.47 Å². The predicted molar refractivity (Wildman–Crippen MR) is 140 cm³/mol. The van der Waals surface area contributed by atoms with Gasteiger partial charge in [-0.1, -0.05) is 53.9 Å². The molecule has 192 valence electrons. The molecule has 8 heteroatoms. The molecule has 2 fully saturated rings. The number of benzene rings is 2. The number of nitrogens with zero attached hydrogens (tertiary/aromatic N) is 1. The fourth-order valence-electron chi connectivity index (χ4n) is 4.69. The number of ketones is 1. The molecule has 0 spiro atoms. The van der Waals surface area contributed by atoms with Crippen LogP contribution in [0, 0.1) is 0 Å². The number of halogens is 1. The van der Waals surface area contributed by atoms with Gasteiger partial charge >= 0.3 is 0 Å². The number of hydrogen-bond acceptors (Lipinski definition) is 6. The maximum absolute atomic E-state index is 13.3. The van der Waals surface area contributed by atoms with E-state index >= 15 is 0 Å². The zero-order valence-electron chi connectivity index (χ0n) is 20.7. The molecule has 2 heterocycles. The minimum absolute atomic E-state index is 0.0546. The van der Waals surface area contributed by atoms with E-state index < -0.39 is 17.7 Å². The smallest absolute Gasteiger partial charge is 0.295 e. The van der Waals surface area contributed by atoms with Gasteiger partial charge in [-0.3, -0.25) is 9.59 Å². The SMILES string of the molecule is CCCCCOc1ccc(C2/C(=C(\O)c3ccc(Br)cc3)C(=O)C(=O)N2CC2CCCO2)cc1OC. The number of methoxy groups -OCH3 is 1. The van der Waals surface area contributed by atoms with Crippen molar-refractivity contribution in [1.29, 1.82) is 0 Å². The molecule has 0 aliphatic carbocycles. The monoisotopic (exact) mass is 557 g/mol. The van der Waals surface area contributed by atoms with Gasteiger partial charge in [-0.05, 0) is 49.1 Å². The summed E-state index contributed by atoms with van der Waals surface area (Å²) in [6.07, 6.45) is 4.69. The number of Topliss-reactive ketones (excluding diaryl/α,β-unsaturated/α-hetero) is 1. The van der Waals surface area contributed by atoms with Crippen LogP contribution in [-0.4, -0.2) is 54.7 Å². The minimum atomic E-state index is -0.777. The summed E-state index contributed by atoms with van der Waals surface area (Å²) < 4.78 is 18.1. The number of amides is 1. The maximum Gasteiger partial charge on any atom is 0.295 e. The molecule has 2 saturated heterocycles. The highest BCUT2D eigenvalue weighted by Crippen LogP contribution is 2.42. The van der Waals surface area contributed by atoms with Gasteiger partial charge in [0, 0.05) is 23.2 Å². The Morgan fingerprint density at radius 1 is 1.14 bits per heavy atom. The van der Waals surface area contributed by atoms with Gasteiger partial charge in [0.15, 0.2) is 11.5 Å². The number of carbonyl (C=O) groups excluding carboxylic acids is 2. The first kappa shape index (κ1) is 26.2. The van der Waals surface area contributed by atoms with Gasteiger partial charge in [0.1, 0.15) is 5.76 Å². The Balaban J connectivity index is 1.75. The summed E-state index contributed by atoms with van der Waals surface area (Å²) in [5.41, 5.74) is 1.17. The topological polar surface area (TPSA) is 85.3 Å². The highest BCUT2D eigenvalue weighted by atomic mass is 79.9. The van der Waals surface area contributed by atoms with Gasteiger partial charge in [0.05, 0.1) is 31.4 Å². The first-order chi connectivity index (χ1) is 17.4. The van der Waals surface area contributed by atoms with E-state index in [9.17, 15) is 14.7 Å². The van der Waals surface area contributed by atoms with E-state index in [2.05, 4.69) is 22.9 Å². The fraction of sp³-hybridized carbons (Fsp3) is 0.429. The average Bonchev–Trinajstić information content (AvgIpc) is 3.49. The van der Waals surface area contributed by atoms with E-state index in [1.54, 1.807) is 43.5 Å². The molecule has 1 amide bonds. The molecule has 0 aromatic heterocycles. The Morgan fingerprint density at radius 2 is 1.92 bits per heavy atom. The Morgan fingerprint density at radius 3 is 2.58 bits per heavy atom. The molecule has 2 aromatic rings. The van der Waals surface area contributed by atoms with Crippen LogP contribution in [0.5, 0.6) is 11.5 Å². The molecule has 0 radical (unpaired) electrons. The van der Waals surface area contributed by atoms with Crippen LogP contribution in [0.1, 0.15) is 56.2 Å². The van der Waals surface area contributed by atoms with Gasteiger partial charge in [0.25, 0.3) is 11.7 Å². The lowest BCUT2D eigenvalue weighted by Gasteiger charge is -2.28. The first-order valence-electron chi connectivity index (χ1n) is 12.4. The Kier molecular flexibility index (Phi) is 8.69. The minimum Gasteiger partial charge on any atom is -0.507 e. The summed E-state index contributed by atoms with van der Waals surface area (Å²) in [6, 6.07) is 11.6. The van der Waals surface area contributed by atoms with Crippen molar-refractivity contribution in [2.75, 3.05) is 26.9 Å². The molecular weight excluding hydrogens is 526 g/mol. The van der Waals surface area contributed by atoms with Crippen molar-refractivity contribution in [3.8, 4) is 11.5 Å². The summed E-state index contributed by atoms with van der Waals surface area (Å²) >= 11 is 3.39. The molecule has 0 bridgehead atoms. The number of aliphatic hydroxyl groups excluding tert-OH is 1. The average molecular weight is 558 g/mol. The van der Waals surface area contributed by atoms with E-state index in [4.69, 9.17) is 14.2 Å². The Bertz CT molecular complexity index is 1120. The van der Waals surface area contributed by atoms with Crippen molar-refractivity contribution in [3.05, 3.63) is 63.6 Å². The molecular formula is C28H32BrNO6. The largest absolute Gasteiger partial charge is 0.507 e. The van der Waals surface area contributed by atoms with Gasteiger partial charge in [-0.25, -0.2) is 0 Å². The second-order valence-electron chi connectivity index (χ2n) is 9.06. The van der Waals surface area contributed by atoms with Crippen LogP contribution >= 0.6 is 15.9 Å². The quantitative estimate of drug-likeness (QED) is 0.176. The predicted octanol–water partition coefficient (Wildman–Crippen LogP) is 5.63. The van der Waals surface area contributed by atoms with E-state index in [1.807, 2.05) is 6.07 Å². The van der Waals surface area contributed by atoms with Crippen molar-refractivity contribution in [1.82, 2.24) is 4.90 Å². The van der Waals surface area contributed by atoms with Crippen LogP contribution in [0.25, 0.3) is 5.76 Å². The molecule has 7 nitrogen and oxygen atoms in total. The van der Waals surface area contributed by atoms with Crippen LogP contribution in [0.3, 0.4) is 0 Å². The third kappa shape index (κ3) is 5.60. The standard InChI is InChI=1S/C28H32BrNO6/c1-3-4-5-14-36-22-13-10-19(16-23(22)34-2)25-24(26(31)18-8-11-20(29)12-9-18)27(32)28(33)30(25)17-21-7-6-15-35-21/h8-13,16,21,25,31H,3-7,14-15,17H2,1-2H3/b26-24+. The lowest BCUT2D eigenvalue weighted by molar-refractivity contribution is -0.140. The molecule has 2 aromatic carbocycles. The van der Waals surface area contributed by atoms with E-state index in [1.165, 1.54) is 4.90 Å². The van der Waals surface area contributed by atoms with Crippen molar-refractivity contribution in [2.24, 2.45) is 0 Å². The molecule has 36 heavy (non-hydrogen) atoms. The summed E-state index contributed by atoms with van der Waals surface area (Å²) in [5.74, 6) is -0.457. The number of likely N-dealkylation sites (tertiary alicyclic amines) is 1. The van der Waals surface area contributed by atoms with Crippen molar-refractivity contribution in [3.63, 3.8) is 0 Å². The number of carbonyl (C=O) groups is 2. The molecule has 0 saturated carbocycles. The number of hydrogen-bond donors (Lipinski definition) is 1. The Hall–Kier alpha value is -2.84. The van der Waals surface area contributed by atoms with Gasteiger partial charge < -0.3 is 24.2 Å². The van der Waals surface area contributed by atoms with Crippen LogP contribution in [0.15, 0.2) is 52.5 Å². The van der Waals surface area contributed by atoms with Crippen molar-refractivity contribution in [2.45, 2.75) is 51.2 Å². The number of aliphatic hydroxyl groups is 1. The Labute approximate surface area is 220 Å². The van der Waals surface area contributed by atoms with Crippen LogP contribution in [0.2, 0.25) is 0 Å². The van der Waals surface area contributed by atoms with Crippen LogP contribution in [0.4, 0.5) is 0 Å². The second kappa shape index (κ2) is 11.9. The normalized spacial score (nSPS) is 21.2. The van der Waals surface area contributed by atoms with Gasteiger partial charge in [0.2, 0.25) is 0 Å². The molecule has 2 aliphatic rings. The van der Waals surface area contributed by atoms with E-state index in [-0.39, 0.29) is 24.0 Å². The van der Waals surface area contributed by atoms with Crippen molar-refractivity contribution < 1.29 is 28.9 Å². The summed E-state index contributed by atoms with van der Waals surface area (Å²) in [4.78, 5) is 28.0. The summed E-state index contributed by atoms with van der Waals surface area (Å²) in [6.45, 7) is 3.61. The molecule has 1 N–H and O–H groups in total. The van der Waals surface area contributed by atoms with Gasteiger partial charge in [-0.2, -0.15) is 0 Å². The lowest BCUT2D eigenvalue weighted by Crippen LogP contribution is -2.36. The number of ether oxygens (including phenoxy) is 3. The number of unbranched alkanes of at least 4 members (excludes halogenated alkanes) is 2. The summed E-state index contributed by atoms with van der Waals surface area (Å²) in [7, 11) is 1.56. The van der Waals surface area contributed by atoms with Gasteiger partial charge in [-0.15, -0.1) is 0 Å². The van der Waals surface area contributed by atoms with Crippen molar-refractivity contribution >= 4 is 33.4 Å². The highest BCUT2D eigenvalue weighted by Gasteiger charge is 2.47. The summed E-state index contributed by atoms with van der Waals surface area (Å²) in [5, 5.41) is 11.2. The zero-order valence-corrected chi connectivity index (χ0v) is 22.3. The molecule has 4 rings (SSSR count). The lowest BCUT2D eigenvalue weighted by atomic mass is 9.95. The molecule has 2 aliphatic heterocycles. The fourth-order valence-corrected chi connectivity index (χ4v) is 4.96. The highest BCUT2D eigenvalue weighted by molar-refractivity contribution is 9.10. The second-order valence-corrected chi connectivity index (χ2v) is 9.97. The maximum atomic E-state index is 13.3. The number of rotatable bonds is 10. The molecule has 2 unspecified atom stereocenters. The molecule has 2 atom stereocenters. The zero-order chi connectivity index (χ0) is 25.7. The van der Waals surface area contributed by atoms with E-state index in [0.717, 1.165) is 36.6 Å². The third-order valence-corrected chi connectivity index (χ3v) is 7.12. The first-order valence-corrected chi connectivity index (χ1v) is 13.2. The third-order valence-electron chi connectivity index (χ3n) is 6.59. The van der Waals surface area contributed by atoms with E-state index in [0.29, 0.717) is 35.8 Å². The van der Waals surface area contributed by atoms with Crippen LogP contribution in [-0.2, 0) is 14.3 Å².